The van der Waals surface area contributed by atoms with Crippen molar-refractivity contribution in [3.8, 4) is 40.0 Å². The topological polar surface area (TPSA) is 58.4 Å². The summed E-state index contributed by atoms with van der Waals surface area (Å²) in [5.74, 6) is 1.34. The van der Waals surface area contributed by atoms with Gasteiger partial charge in [0.1, 0.15) is 0 Å². The number of anilines is 3. The summed E-state index contributed by atoms with van der Waals surface area (Å²) in [7, 11) is 3.30. The number of hydrogen-bond donors (Lipinski definition) is 0. The molecule has 1 aliphatic rings. The van der Waals surface area contributed by atoms with Crippen LogP contribution in [0.15, 0.2) is 119 Å². The van der Waals surface area contributed by atoms with Gasteiger partial charge in [0.05, 0.1) is 54.1 Å². The van der Waals surface area contributed by atoms with Gasteiger partial charge < -0.3 is 14.4 Å². The zero-order valence-corrected chi connectivity index (χ0v) is 24.8. The Balaban J connectivity index is 1.56. The summed E-state index contributed by atoms with van der Waals surface area (Å²) < 4.78 is 11.2. The fourth-order valence-electron chi connectivity index (χ4n) is 5.74. The fourth-order valence-corrected chi connectivity index (χ4v) is 6.79. The van der Waals surface area contributed by atoms with Crippen LogP contribution in [0.5, 0.6) is 11.5 Å². The summed E-state index contributed by atoms with van der Waals surface area (Å²) in [6, 6.07) is 39.3. The molecule has 0 radical (unpaired) electrons. The molecule has 5 aromatic carbocycles. The number of aryl methyl sites for hydroxylation is 1. The highest BCUT2D eigenvalue weighted by atomic mass is 32.2. The lowest BCUT2D eigenvalue weighted by atomic mass is 9.94. The molecule has 2 heterocycles. The number of fused-ring (bicyclic) bond motifs is 3. The van der Waals surface area contributed by atoms with Crippen LogP contribution in [0.25, 0.3) is 33.3 Å². The number of methoxy groups -OCH3 is 2. The van der Waals surface area contributed by atoms with E-state index in [0.717, 1.165) is 55.9 Å². The van der Waals surface area contributed by atoms with Gasteiger partial charge in [-0.05, 0) is 84.3 Å². The first-order valence-corrected chi connectivity index (χ1v) is 14.7. The Hall–Kier alpha value is -5.25. The van der Waals surface area contributed by atoms with Crippen molar-refractivity contribution in [2.75, 3.05) is 19.1 Å². The summed E-state index contributed by atoms with van der Waals surface area (Å²) in [5, 5.41) is 10.5. The average Bonchev–Trinajstić information content (AvgIpc) is 3.07. The van der Waals surface area contributed by atoms with Crippen LogP contribution in [0.4, 0.5) is 17.1 Å². The highest BCUT2D eigenvalue weighted by molar-refractivity contribution is 7.99. The number of ether oxygens (including phenoxy) is 2. The Labute approximate surface area is 255 Å². The molecule has 0 N–H and O–H groups in total. The van der Waals surface area contributed by atoms with Gasteiger partial charge in [0, 0.05) is 20.7 Å². The van der Waals surface area contributed by atoms with Crippen LogP contribution in [-0.2, 0) is 0 Å². The molecule has 6 aromatic rings. The number of hydrogen-bond acceptors (Lipinski definition) is 6. The number of nitriles is 1. The third-order valence-electron chi connectivity index (χ3n) is 7.83. The van der Waals surface area contributed by atoms with Crippen molar-refractivity contribution in [2.45, 2.75) is 16.7 Å². The van der Waals surface area contributed by atoms with Gasteiger partial charge in [-0.3, -0.25) is 0 Å². The van der Waals surface area contributed by atoms with E-state index in [0.29, 0.717) is 17.1 Å². The molecule has 0 spiro atoms. The molecule has 0 saturated carbocycles. The van der Waals surface area contributed by atoms with Gasteiger partial charge in [-0.1, -0.05) is 60.3 Å². The number of benzene rings is 5. The maximum absolute atomic E-state index is 9.40. The normalized spacial score (nSPS) is 11.9. The van der Waals surface area contributed by atoms with E-state index in [1.807, 2.05) is 36.4 Å². The predicted octanol–water partition coefficient (Wildman–Crippen LogP) is 9.70. The largest absolute Gasteiger partial charge is 0.493 e. The van der Waals surface area contributed by atoms with Crippen LogP contribution in [0.3, 0.4) is 0 Å². The van der Waals surface area contributed by atoms with Crippen LogP contribution in [0, 0.1) is 18.3 Å². The summed E-state index contributed by atoms with van der Waals surface area (Å²) >= 11 is 1.79. The molecule has 7 rings (SSSR count). The Morgan fingerprint density at radius 3 is 2.00 bits per heavy atom. The van der Waals surface area contributed by atoms with E-state index >= 15 is 0 Å². The molecule has 1 aromatic heterocycles. The summed E-state index contributed by atoms with van der Waals surface area (Å²) in [6.45, 7) is 2.13. The van der Waals surface area contributed by atoms with Gasteiger partial charge in [-0.15, -0.1) is 0 Å². The maximum atomic E-state index is 9.40. The molecule has 1 aliphatic heterocycles. The van der Waals surface area contributed by atoms with Crippen LogP contribution in [-0.4, -0.2) is 19.2 Å². The second kappa shape index (κ2) is 10.9. The average molecular weight is 578 g/mol. The number of pyridine rings is 1. The molecule has 0 atom stereocenters. The lowest BCUT2D eigenvalue weighted by molar-refractivity contribution is 0.355. The third kappa shape index (κ3) is 4.55. The lowest BCUT2D eigenvalue weighted by Crippen LogP contribution is -2.15. The number of aromatic nitrogens is 1. The van der Waals surface area contributed by atoms with Crippen molar-refractivity contribution in [2.24, 2.45) is 0 Å². The zero-order valence-electron chi connectivity index (χ0n) is 24.0. The molecule has 0 amide bonds. The van der Waals surface area contributed by atoms with E-state index in [1.165, 1.54) is 9.79 Å². The minimum Gasteiger partial charge on any atom is -0.493 e. The van der Waals surface area contributed by atoms with Crippen molar-refractivity contribution < 1.29 is 9.47 Å². The lowest BCUT2D eigenvalue weighted by Gasteiger charge is -2.33. The predicted molar refractivity (Wildman–Crippen MR) is 174 cm³/mol. The van der Waals surface area contributed by atoms with Gasteiger partial charge >= 0.3 is 0 Å². The van der Waals surface area contributed by atoms with E-state index in [-0.39, 0.29) is 0 Å². The molecule has 0 bridgehead atoms. The summed E-state index contributed by atoms with van der Waals surface area (Å²) in [4.78, 5) is 10.1. The first-order valence-electron chi connectivity index (χ1n) is 13.9. The van der Waals surface area contributed by atoms with Crippen molar-refractivity contribution in [1.82, 2.24) is 4.98 Å². The van der Waals surface area contributed by atoms with Gasteiger partial charge in [0.25, 0.3) is 0 Å². The minimum atomic E-state index is 0.611. The zero-order chi connectivity index (χ0) is 29.5. The molecule has 0 saturated heterocycles. The van der Waals surface area contributed by atoms with Crippen molar-refractivity contribution >= 4 is 39.7 Å². The molecule has 208 valence electrons. The molecular weight excluding hydrogens is 550 g/mol. The highest BCUT2D eigenvalue weighted by Crippen LogP contribution is 2.53. The Morgan fingerprint density at radius 1 is 0.698 bits per heavy atom. The fraction of sp³-hybridized carbons (Fsp3) is 0.0811. The van der Waals surface area contributed by atoms with E-state index in [9.17, 15) is 5.26 Å². The van der Waals surface area contributed by atoms with Crippen molar-refractivity contribution in [3.05, 3.63) is 120 Å². The van der Waals surface area contributed by atoms with Crippen molar-refractivity contribution in [1.29, 1.82) is 5.26 Å². The van der Waals surface area contributed by atoms with Crippen LogP contribution in [0.1, 0.15) is 11.1 Å². The van der Waals surface area contributed by atoms with E-state index < -0.39 is 0 Å². The second-order valence-electron chi connectivity index (χ2n) is 10.3. The first kappa shape index (κ1) is 26.6. The van der Waals surface area contributed by atoms with Crippen LogP contribution < -0.4 is 14.4 Å². The minimum absolute atomic E-state index is 0.611. The quantitative estimate of drug-likeness (QED) is 0.203. The molecular formula is C37H27N3O2S. The SMILES string of the molecule is COc1ccc(-c2cc(-c3ccc(C#N)cc3)nc3c(N4c5ccccc5Sc5ccccc54)ccc(C)c23)cc1OC. The molecule has 5 nitrogen and oxygen atoms in total. The molecule has 0 fully saturated rings. The van der Waals surface area contributed by atoms with Crippen LogP contribution in [0.2, 0.25) is 0 Å². The van der Waals surface area contributed by atoms with Crippen LogP contribution >= 0.6 is 11.8 Å². The first-order chi connectivity index (χ1) is 21.1. The molecule has 0 unspecified atom stereocenters. The summed E-state index contributed by atoms with van der Waals surface area (Å²) in [5.41, 5.74) is 9.65. The van der Waals surface area contributed by atoms with E-state index in [4.69, 9.17) is 14.5 Å². The number of rotatable bonds is 5. The monoisotopic (exact) mass is 577 g/mol. The third-order valence-corrected chi connectivity index (χ3v) is 8.96. The van der Waals surface area contributed by atoms with Gasteiger partial charge in [-0.25, -0.2) is 4.98 Å². The highest BCUT2D eigenvalue weighted by Gasteiger charge is 2.27. The molecule has 6 heteroatoms. The van der Waals surface area contributed by atoms with Gasteiger partial charge in [-0.2, -0.15) is 5.26 Å². The second-order valence-corrected chi connectivity index (χ2v) is 11.4. The Morgan fingerprint density at radius 2 is 1.35 bits per heavy atom. The van der Waals surface area contributed by atoms with Crippen molar-refractivity contribution in [3.63, 3.8) is 0 Å². The molecule has 43 heavy (non-hydrogen) atoms. The van der Waals surface area contributed by atoms with Gasteiger partial charge in [0.15, 0.2) is 11.5 Å². The Bertz CT molecular complexity index is 2020. The maximum Gasteiger partial charge on any atom is 0.161 e. The Kier molecular flexibility index (Phi) is 6.73. The smallest absolute Gasteiger partial charge is 0.161 e. The van der Waals surface area contributed by atoms with E-state index in [1.54, 1.807) is 26.0 Å². The standard InChI is InChI=1S/C37H27N3O2S/c1-23-12-18-31(40-29-8-4-6-10-34(29)43-35-11-7-5-9-30(35)40)37-36(23)27(26-17-19-32(41-2)33(20-26)42-3)21-28(39-37)25-15-13-24(22-38)14-16-25/h4-21H,1-3H3. The number of para-hydroxylation sites is 2. The summed E-state index contributed by atoms with van der Waals surface area (Å²) in [6.07, 6.45) is 0. The van der Waals surface area contributed by atoms with Gasteiger partial charge in [0.2, 0.25) is 0 Å². The molecule has 0 aliphatic carbocycles. The van der Waals surface area contributed by atoms with E-state index in [2.05, 4.69) is 90.7 Å². The number of nitrogens with zero attached hydrogens (tertiary/aromatic N) is 3.